The van der Waals surface area contributed by atoms with E-state index in [9.17, 15) is 27.5 Å². The first-order valence-electron chi connectivity index (χ1n) is 9.75. The second-order valence-electron chi connectivity index (χ2n) is 8.02. The van der Waals surface area contributed by atoms with Gasteiger partial charge in [0.25, 0.3) is 0 Å². The van der Waals surface area contributed by atoms with Crippen LogP contribution in [0, 0.1) is 5.41 Å². The summed E-state index contributed by atoms with van der Waals surface area (Å²) in [7, 11) is 3.07. The van der Waals surface area contributed by atoms with Crippen LogP contribution in [0.15, 0.2) is 18.2 Å². The van der Waals surface area contributed by atoms with E-state index in [2.05, 4.69) is 10.1 Å². The van der Waals surface area contributed by atoms with Gasteiger partial charge in [0.15, 0.2) is 0 Å². The first-order chi connectivity index (χ1) is 14.1. The summed E-state index contributed by atoms with van der Waals surface area (Å²) in [5, 5.41) is 12.1. The predicted molar refractivity (Wildman–Crippen MR) is 99.5 cm³/mol. The minimum absolute atomic E-state index is 0.111. The number of hydrogen-bond donors (Lipinski definition) is 2. The number of nitrogens with one attached hydrogen (secondary N) is 1. The lowest BCUT2D eigenvalue weighted by Gasteiger charge is -2.42. The van der Waals surface area contributed by atoms with E-state index in [0.717, 1.165) is 36.1 Å². The zero-order valence-electron chi connectivity index (χ0n) is 16.8. The highest BCUT2D eigenvalue weighted by molar-refractivity contribution is 5.74. The third-order valence-electron chi connectivity index (χ3n) is 6.18. The number of carbonyl (C=O) groups is 1. The van der Waals surface area contributed by atoms with Gasteiger partial charge in [-0.15, -0.1) is 0 Å². The average molecular weight is 434 g/mol. The van der Waals surface area contributed by atoms with Crippen LogP contribution in [-0.4, -0.2) is 55.6 Å². The van der Waals surface area contributed by atoms with Gasteiger partial charge in [-0.2, -0.15) is 17.6 Å². The van der Waals surface area contributed by atoms with Gasteiger partial charge >= 0.3 is 18.6 Å². The highest BCUT2D eigenvalue weighted by Crippen LogP contribution is 2.55. The summed E-state index contributed by atoms with van der Waals surface area (Å²) in [4.78, 5) is 13.6. The molecular formula is C20H26F4N2O4. The summed E-state index contributed by atoms with van der Waals surface area (Å²) in [5.41, 5.74) is 1.05. The summed E-state index contributed by atoms with van der Waals surface area (Å²) in [6, 6.07) is 3.07. The molecule has 10 heteroatoms. The van der Waals surface area contributed by atoms with Crippen LogP contribution in [0.2, 0.25) is 0 Å². The number of nitrogens with zero attached hydrogens (tertiary/aromatic N) is 1. The van der Waals surface area contributed by atoms with E-state index >= 15 is 0 Å². The molecule has 0 aliphatic heterocycles. The van der Waals surface area contributed by atoms with Crippen molar-refractivity contribution in [2.24, 2.45) is 5.41 Å². The van der Waals surface area contributed by atoms with Gasteiger partial charge in [-0.3, -0.25) is 0 Å². The number of alkyl halides is 4. The lowest BCUT2D eigenvalue weighted by molar-refractivity contribution is -0.253. The lowest BCUT2D eigenvalue weighted by atomic mass is 9.68. The van der Waals surface area contributed by atoms with Crippen molar-refractivity contribution in [1.29, 1.82) is 0 Å². The van der Waals surface area contributed by atoms with Crippen molar-refractivity contribution in [3.63, 3.8) is 0 Å². The number of methoxy groups -OCH3 is 1. The van der Waals surface area contributed by atoms with E-state index in [1.807, 2.05) is 0 Å². The van der Waals surface area contributed by atoms with Gasteiger partial charge in [0.2, 0.25) is 0 Å². The highest BCUT2D eigenvalue weighted by atomic mass is 19.3. The zero-order chi connectivity index (χ0) is 22.1. The molecule has 1 aromatic rings. The molecule has 2 aliphatic rings. The van der Waals surface area contributed by atoms with Crippen LogP contribution in [0.25, 0.3) is 0 Å². The second-order valence-corrected chi connectivity index (χ2v) is 8.02. The molecule has 1 unspecified atom stereocenters. The molecule has 2 amide bonds. The Balaban J connectivity index is 1.92. The normalized spacial score (nSPS) is 26.0. The number of halogens is 4. The molecule has 0 radical (unpaired) electrons. The Bertz CT molecular complexity index is 769. The third kappa shape index (κ3) is 4.34. The van der Waals surface area contributed by atoms with E-state index < -0.39 is 37.1 Å². The molecule has 0 heterocycles. The molecule has 1 fully saturated rings. The Kier molecular flexibility index (Phi) is 6.47. The number of fused-ring (bicyclic) bond motifs is 1. The quantitative estimate of drug-likeness (QED) is 0.529. The number of urea groups is 1. The maximum absolute atomic E-state index is 13.4. The van der Waals surface area contributed by atoms with Gasteiger partial charge in [-0.05, 0) is 60.8 Å². The number of hydrogen-bond acceptors (Lipinski definition) is 4. The number of rotatable bonds is 6. The summed E-state index contributed by atoms with van der Waals surface area (Å²) in [6.45, 7) is -0.492. The monoisotopic (exact) mass is 434 g/mol. The van der Waals surface area contributed by atoms with Crippen LogP contribution in [0.4, 0.5) is 22.4 Å². The smallest absolute Gasteiger partial charge is 0.428 e. The molecule has 1 atom stereocenters. The largest absolute Gasteiger partial charge is 0.461 e. The van der Waals surface area contributed by atoms with Crippen molar-refractivity contribution >= 4 is 6.03 Å². The van der Waals surface area contributed by atoms with E-state index in [1.165, 1.54) is 19.2 Å². The number of amides is 2. The summed E-state index contributed by atoms with van der Waals surface area (Å²) in [5.74, 6) is -0.392. The van der Waals surface area contributed by atoms with Crippen molar-refractivity contribution < 1.29 is 36.9 Å². The van der Waals surface area contributed by atoms with Crippen LogP contribution >= 0.6 is 0 Å². The zero-order valence-corrected chi connectivity index (χ0v) is 16.8. The number of aliphatic hydroxyl groups excluding tert-OH is 1. The minimum atomic E-state index is -4.61. The molecule has 168 valence electrons. The molecule has 2 N–H and O–H groups in total. The Morgan fingerprint density at radius 1 is 1.37 bits per heavy atom. The van der Waals surface area contributed by atoms with Gasteiger partial charge in [0.1, 0.15) is 12.5 Å². The molecule has 0 aromatic heterocycles. The maximum atomic E-state index is 13.4. The topological polar surface area (TPSA) is 71.0 Å². The van der Waals surface area contributed by atoms with Gasteiger partial charge < -0.3 is 24.8 Å². The Morgan fingerprint density at radius 3 is 2.60 bits per heavy atom. The van der Waals surface area contributed by atoms with Crippen LogP contribution < -0.4 is 10.1 Å². The summed E-state index contributed by atoms with van der Waals surface area (Å²) in [6.07, 6.45) is -4.84. The molecule has 2 aliphatic carbocycles. The van der Waals surface area contributed by atoms with E-state index in [4.69, 9.17) is 4.74 Å². The molecule has 1 aromatic carbocycles. The predicted octanol–water partition coefficient (Wildman–Crippen LogP) is 3.69. The fourth-order valence-corrected chi connectivity index (χ4v) is 4.48. The molecule has 30 heavy (non-hydrogen) atoms. The van der Waals surface area contributed by atoms with Crippen LogP contribution in [0.3, 0.4) is 0 Å². The van der Waals surface area contributed by atoms with Crippen molar-refractivity contribution in [3.05, 3.63) is 29.3 Å². The van der Waals surface area contributed by atoms with E-state index in [-0.39, 0.29) is 11.5 Å². The van der Waals surface area contributed by atoms with Crippen molar-refractivity contribution in [2.45, 2.75) is 56.8 Å². The van der Waals surface area contributed by atoms with Crippen molar-refractivity contribution in [1.82, 2.24) is 10.2 Å². The lowest BCUT2D eigenvalue weighted by Crippen LogP contribution is -2.46. The van der Waals surface area contributed by atoms with Gasteiger partial charge in [0, 0.05) is 14.2 Å². The summed E-state index contributed by atoms with van der Waals surface area (Å²) >= 11 is 0. The average Bonchev–Trinajstić information content (AvgIpc) is 3.00. The van der Waals surface area contributed by atoms with Crippen molar-refractivity contribution in [3.8, 4) is 5.75 Å². The van der Waals surface area contributed by atoms with Crippen molar-refractivity contribution in [2.75, 3.05) is 20.9 Å². The van der Waals surface area contributed by atoms with Gasteiger partial charge in [-0.1, -0.05) is 6.07 Å². The fourth-order valence-electron chi connectivity index (χ4n) is 4.48. The van der Waals surface area contributed by atoms with Crippen LogP contribution in [0.5, 0.6) is 5.75 Å². The number of ether oxygens (including phenoxy) is 2. The molecular weight excluding hydrogens is 408 g/mol. The molecule has 0 saturated heterocycles. The van der Waals surface area contributed by atoms with E-state index in [0.29, 0.717) is 12.0 Å². The third-order valence-corrected chi connectivity index (χ3v) is 6.18. The fraction of sp³-hybridized carbons (Fsp3) is 0.650. The standard InChI is InChI=1S/C20H26F4N2O4/c1-26(11-27)18(28)25-16-15-9-14(30-20(23,24)17(21)22)4-3-12(15)10-19(16)7-5-13(29-2)6-8-19/h3-4,9,13,16-17,27H,5-8,10-11H2,1-2H3,(H,25,28). The SMILES string of the molecule is COC1CCC2(CC1)Cc1ccc(OC(F)(F)C(F)F)cc1C2NC(=O)N(C)CO. The Labute approximate surface area is 172 Å². The maximum Gasteiger partial charge on any atom is 0.461 e. The highest BCUT2D eigenvalue weighted by Gasteiger charge is 2.49. The molecule has 6 nitrogen and oxygen atoms in total. The van der Waals surface area contributed by atoms with Gasteiger partial charge in [0.05, 0.1) is 12.1 Å². The summed E-state index contributed by atoms with van der Waals surface area (Å²) < 4.78 is 61.5. The molecule has 0 bridgehead atoms. The second kappa shape index (κ2) is 8.58. The van der Waals surface area contributed by atoms with E-state index in [1.54, 1.807) is 13.2 Å². The van der Waals surface area contributed by atoms with Gasteiger partial charge in [-0.25, -0.2) is 4.79 Å². The Morgan fingerprint density at radius 2 is 2.03 bits per heavy atom. The number of benzene rings is 1. The van der Waals surface area contributed by atoms with Crippen LogP contribution in [0.1, 0.15) is 42.9 Å². The number of carbonyl (C=O) groups excluding carboxylic acids is 1. The minimum Gasteiger partial charge on any atom is -0.428 e. The molecule has 1 spiro atoms. The Hall–Kier alpha value is -2.07. The first kappa shape index (κ1) is 22.6. The molecule has 3 rings (SSSR count). The molecule has 1 saturated carbocycles. The first-order valence-corrected chi connectivity index (χ1v) is 9.75. The van der Waals surface area contributed by atoms with Crippen LogP contribution in [-0.2, 0) is 11.2 Å². The number of aliphatic hydroxyl groups is 1.